The molecule has 0 radical (unpaired) electrons. The molecular weight excluding hydrogens is 274 g/mol. The Kier molecular flexibility index (Phi) is 3.01. The van der Waals surface area contributed by atoms with E-state index in [1.165, 1.54) is 0 Å². The van der Waals surface area contributed by atoms with Gasteiger partial charge in [0.1, 0.15) is 0 Å². The van der Waals surface area contributed by atoms with Crippen LogP contribution in [-0.4, -0.2) is 25.4 Å². The Morgan fingerprint density at radius 3 is 2.36 bits per heavy atom. The maximum atomic E-state index is 4.37. The zero-order valence-electron chi connectivity index (χ0n) is 11.7. The fraction of sp³-hybridized carbons (Fsp3) is 0. The summed E-state index contributed by atoms with van der Waals surface area (Å²) in [6.45, 7) is 0. The average molecular weight is 287 g/mol. The Bertz CT molecular complexity index is 878. The molecule has 0 unspecified atom stereocenters. The molecule has 4 aromatic rings. The predicted octanol–water partition coefficient (Wildman–Crippen LogP) is 3.53. The molecule has 0 aliphatic rings. The minimum Gasteiger partial charge on any atom is -0.278 e. The molecule has 0 amide bonds. The van der Waals surface area contributed by atoms with Gasteiger partial charge in [-0.1, -0.05) is 18.2 Å². The molecule has 5 heteroatoms. The molecule has 0 fully saturated rings. The predicted molar refractivity (Wildman–Crippen MR) is 84.8 cm³/mol. The van der Waals surface area contributed by atoms with E-state index in [0.29, 0.717) is 0 Å². The lowest BCUT2D eigenvalue weighted by Crippen LogP contribution is -1.82. The molecule has 0 saturated heterocycles. The monoisotopic (exact) mass is 287 g/mol. The van der Waals surface area contributed by atoms with E-state index in [2.05, 4.69) is 43.6 Å². The normalized spacial score (nSPS) is 10.7. The molecule has 0 bridgehead atoms. The van der Waals surface area contributed by atoms with E-state index in [1.807, 2.05) is 30.3 Å². The number of nitrogens with one attached hydrogen (secondary N) is 2. The van der Waals surface area contributed by atoms with Gasteiger partial charge in [0, 0.05) is 35.3 Å². The van der Waals surface area contributed by atoms with Gasteiger partial charge >= 0.3 is 0 Å². The van der Waals surface area contributed by atoms with E-state index >= 15 is 0 Å². The highest BCUT2D eigenvalue weighted by Gasteiger charge is 2.07. The van der Waals surface area contributed by atoms with Gasteiger partial charge in [-0.05, 0) is 30.3 Å². The Morgan fingerprint density at radius 1 is 0.727 bits per heavy atom. The highest BCUT2D eigenvalue weighted by molar-refractivity contribution is 5.72. The lowest BCUT2D eigenvalue weighted by Gasteiger charge is -2.01. The molecule has 5 nitrogen and oxygen atoms in total. The van der Waals surface area contributed by atoms with Crippen molar-refractivity contribution in [2.24, 2.45) is 0 Å². The van der Waals surface area contributed by atoms with Crippen LogP contribution < -0.4 is 0 Å². The summed E-state index contributed by atoms with van der Waals surface area (Å²) >= 11 is 0. The zero-order chi connectivity index (χ0) is 14.8. The van der Waals surface area contributed by atoms with Crippen molar-refractivity contribution in [3.63, 3.8) is 0 Å². The van der Waals surface area contributed by atoms with Gasteiger partial charge < -0.3 is 0 Å². The van der Waals surface area contributed by atoms with Crippen LogP contribution in [0.5, 0.6) is 0 Å². The van der Waals surface area contributed by atoms with E-state index < -0.39 is 0 Å². The van der Waals surface area contributed by atoms with Gasteiger partial charge in [-0.25, -0.2) is 0 Å². The number of nitrogens with zero attached hydrogens (tertiary/aromatic N) is 3. The molecule has 0 spiro atoms. The van der Waals surface area contributed by atoms with Crippen LogP contribution in [0.15, 0.2) is 67.1 Å². The van der Waals surface area contributed by atoms with Gasteiger partial charge in [-0.3, -0.25) is 15.2 Å². The summed E-state index contributed by atoms with van der Waals surface area (Å²) in [6.07, 6.45) is 5.31. The fourth-order valence-corrected chi connectivity index (χ4v) is 2.40. The molecule has 106 valence electrons. The van der Waals surface area contributed by atoms with Crippen molar-refractivity contribution in [1.82, 2.24) is 25.4 Å². The van der Waals surface area contributed by atoms with Gasteiger partial charge in [-0.15, -0.1) is 0 Å². The number of benzene rings is 1. The van der Waals surface area contributed by atoms with Crippen LogP contribution in [0.25, 0.3) is 33.8 Å². The Hall–Kier alpha value is -3.21. The molecule has 1 aromatic carbocycles. The first-order chi connectivity index (χ1) is 10.9. The second-order valence-electron chi connectivity index (χ2n) is 4.96. The molecule has 0 saturated carbocycles. The summed E-state index contributed by atoms with van der Waals surface area (Å²) in [5.74, 6) is 0. The van der Waals surface area contributed by atoms with Gasteiger partial charge in [0.05, 0.1) is 17.1 Å². The molecule has 0 aliphatic carbocycles. The Balaban J connectivity index is 1.71. The van der Waals surface area contributed by atoms with Crippen LogP contribution in [0.1, 0.15) is 0 Å². The molecule has 2 N–H and O–H groups in total. The average Bonchev–Trinajstić information content (AvgIpc) is 3.28. The van der Waals surface area contributed by atoms with Crippen LogP contribution in [0.3, 0.4) is 0 Å². The number of pyridine rings is 1. The summed E-state index contributed by atoms with van der Waals surface area (Å²) in [6, 6.07) is 16.1. The number of rotatable bonds is 3. The molecule has 0 atom stereocenters. The van der Waals surface area contributed by atoms with Gasteiger partial charge in [0.2, 0.25) is 0 Å². The largest absolute Gasteiger partial charge is 0.278 e. The highest BCUT2D eigenvalue weighted by atomic mass is 15.1. The van der Waals surface area contributed by atoms with Crippen molar-refractivity contribution >= 4 is 0 Å². The van der Waals surface area contributed by atoms with Gasteiger partial charge in [0.15, 0.2) is 0 Å². The first-order valence-corrected chi connectivity index (χ1v) is 6.96. The minimum absolute atomic E-state index is 0.884. The van der Waals surface area contributed by atoms with Crippen LogP contribution in [0, 0.1) is 0 Å². The van der Waals surface area contributed by atoms with Crippen molar-refractivity contribution in [1.29, 1.82) is 0 Å². The highest BCUT2D eigenvalue weighted by Crippen LogP contribution is 2.26. The van der Waals surface area contributed by atoms with E-state index in [4.69, 9.17) is 0 Å². The molecule has 3 heterocycles. The third kappa shape index (κ3) is 2.29. The van der Waals surface area contributed by atoms with E-state index in [0.717, 1.165) is 33.8 Å². The van der Waals surface area contributed by atoms with Crippen LogP contribution in [-0.2, 0) is 0 Å². The van der Waals surface area contributed by atoms with Gasteiger partial charge in [0.25, 0.3) is 0 Å². The van der Waals surface area contributed by atoms with Crippen molar-refractivity contribution in [3.8, 4) is 33.8 Å². The summed E-state index contributed by atoms with van der Waals surface area (Å²) in [4.78, 5) is 4.13. The number of hydrogen-bond donors (Lipinski definition) is 2. The molecule has 3 aromatic heterocycles. The summed E-state index contributed by atoms with van der Waals surface area (Å²) in [5, 5.41) is 14.4. The van der Waals surface area contributed by atoms with E-state index in [1.54, 1.807) is 18.6 Å². The van der Waals surface area contributed by atoms with Crippen molar-refractivity contribution in [2.45, 2.75) is 0 Å². The first-order valence-electron chi connectivity index (χ1n) is 6.96. The van der Waals surface area contributed by atoms with Crippen LogP contribution in [0.2, 0.25) is 0 Å². The molecule has 4 rings (SSSR count). The topological polar surface area (TPSA) is 70.2 Å². The van der Waals surface area contributed by atoms with Crippen molar-refractivity contribution in [3.05, 3.63) is 67.1 Å². The van der Waals surface area contributed by atoms with E-state index in [-0.39, 0.29) is 0 Å². The smallest absolute Gasteiger partial charge is 0.0942 e. The SMILES string of the molecule is c1cncc(-c2cc(-c3cccc(-c4ccn[nH]4)c3)[nH]n2)c1. The zero-order valence-corrected chi connectivity index (χ0v) is 11.7. The Morgan fingerprint density at radius 2 is 1.59 bits per heavy atom. The second-order valence-corrected chi connectivity index (χ2v) is 4.96. The van der Waals surface area contributed by atoms with Crippen LogP contribution in [0.4, 0.5) is 0 Å². The standard InChI is InChI=1S/C17H13N5/c1-3-12(15-6-8-19-20-15)9-13(4-1)16-10-17(22-21-16)14-5-2-7-18-11-14/h1-11H,(H,19,20)(H,21,22). The maximum Gasteiger partial charge on any atom is 0.0942 e. The third-order valence-electron chi connectivity index (χ3n) is 3.52. The second kappa shape index (κ2) is 5.29. The molecular formula is C17H13N5. The minimum atomic E-state index is 0.884. The molecule has 22 heavy (non-hydrogen) atoms. The number of aromatic nitrogens is 5. The van der Waals surface area contributed by atoms with Gasteiger partial charge in [-0.2, -0.15) is 10.2 Å². The lowest BCUT2D eigenvalue weighted by molar-refractivity contribution is 1.09. The summed E-state index contributed by atoms with van der Waals surface area (Å²) in [5.41, 5.74) is 6.01. The third-order valence-corrected chi connectivity index (χ3v) is 3.52. The number of H-pyrrole nitrogens is 2. The number of hydrogen-bond acceptors (Lipinski definition) is 3. The van der Waals surface area contributed by atoms with E-state index in [9.17, 15) is 0 Å². The fourth-order valence-electron chi connectivity index (χ4n) is 2.40. The lowest BCUT2D eigenvalue weighted by atomic mass is 10.1. The number of aromatic amines is 2. The first kappa shape index (κ1) is 12.5. The maximum absolute atomic E-state index is 4.37. The quantitative estimate of drug-likeness (QED) is 0.605. The van der Waals surface area contributed by atoms with Crippen molar-refractivity contribution < 1.29 is 0 Å². The van der Waals surface area contributed by atoms with Crippen LogP contribution >= 0.6 is 0 Å². The summed E-state index contributed by atoms with van der Waals surface area (Å²) < 4.78 is 0. The van der Waals surface area contributed by atoms with Crippen molar-refractivity contribution in [2.75, 3.05) is 0 Å². The molecule has 0 aliphatic heterocycles. The summed E-state index contributed by atoms with van der Waals surface area (Å²) in [7, 11) is 0. The Labute approximate surface area is 127 Å².